The second-order valence-corrected chi connectivity index (χ2v) is 5.19. The van der Waals surface area contributed by atoms with Gasteiger partial charge in [0.15, 0.2) is 0 Å². The van der Waals surface area contributed by atoms with Crippen LogP contribution in [0.2, 0.25) is 0 Å². The number of hydrogen-bond acceptors (Lipinski definition) is 4. The van der Waals surface area contributed by atoms with Gasteiger partial charge in [-0.1, -0.05) is 6.92 Å². The number of nitrogens with one attached hydrogen (secondary N) is 1. The Bertz CT molecular complexity index is 352. The molecule has 0 aliphatic rings. The van der Waals surface area contributed by atoms with E-state index in [0.29, 0.717) is 0 Å². The van der Waals surface area contributed by atoms with Gasteiger partial charge in [0.05, 0.1) is 12.9 Å². The van der Waals surface area contributed by atoms with E-state index >= 15 is 0 Å². The summed E-state index contributed by atoms with van der Waals surface area (Å²) in [5, 5.41) is 1.70. The Kier molecular flexibility index (Phi) is 5.89. The molecule has 0 fully saturated rings. The van der Waals surface area contributed by atoms with E-state index in [-0.39, 0.29) is 13.0 Å². The molecule has 0 radical (unpaired) electrons. The summed E-state index contributed by atoms with van der Waals surface area (Å²) < 4.78 is 60.8. The normalized spacial score (nSPS) is 14.4. The maximum absolute atomic E-state index is 11.8. The van der Waals surface area contributed by atoms with E-state index in [1.807, 2.05) is 0 Å². The molecule has 0 aromatic rings. The number of carbonyl (C=O) groups is 1. The molecule has 0 spiro atoms. The van der Waals surface area contributed by atoms with Gasteiger partial charge in [-0.2, -0.15) is 21.6 Å². The zero-order valence-corrected chi connectivity index (χ0v) is 10.2. The molecule has 1 atom stereocenters. The second kappa shape index (κ2) is 6.20. The molecule has 9 heteroatoms. The molecule has 0 aliphatic carbocycles. The van der Waals surface area contributed by atoms with E-state index in [1.165, 1.54) is 6.92 Å². The second-order valence-electron chi connectivity index (χ2n) is 3.55. The Morgan fingerprint density at radius 1 is 1.41 bits per heavy atom. The molecule has 1 unspecified atom stereocenters. The number of carbonyl (C=O) groups excluding carboxylic acids is 1. The highest BCUT2D eigenvalue weighted by atomic mass is 32.2. The lowest BCUT2D eigenvalue weighted by atomic mass is 10.1. The monoisotopic (exact) mass is 277 g/mol. The molecular weight excluding hydrogens is 263 g/mol. The van der Waals surface area contributed by atoms with Crippen molar-refractivity contribution in [1.82, 2.24) is 5.32 Å². The zero-order chi connectivity index (χ0) is 13.7. The van der Waals surface area contributed by atoms with Crippen LogP contribution in [-0.2, 0) is 19.1 Å². The van der Waals surface area contributed by atoms with Crippen molar-refractivity contribution in [2.75, 3.05) is 19.4 Å². The van der Waals surface area contributed by atoms with Crippen molar-refractivity contribution in [3.8, 4) is 0 Å². The summed E-state index contributed by atoms with van der Waals surface area (Å²) in [6.07, 6.45) is -3.59. The Labute approximate surface area is 97.4 Å². The van der Waals surface area contributed by atoms with Crippen LogP contribution in [-0.4, -0.2) is 39.9 Å². The third-order valence-electron chi connectivity index (χ3n) is 1.76. The number of alkyl halides is 3. The third-order valence-corrected chi connectivity index (χ3v) is 2.35. The van der Waals surface area contributed by atoms with Crippen molar-refractivity contribution >= 4 is 16.0 Å². The first-order valence-corrected chi connectivity index (χ1v) is 6.52. The third kappa shape index (κ3) is 10.1. The van der Waals surface area contributed by atoms with Crippen LogP contribution >= 0.6 is 0 Å². The summed E-state index contributed by atoms with van der Waals surface area (Å²) >= 11 is 0. The summed E-state index contributed by atoms with van der Waals surface area (Å²) in [5.74, 6) is -1.54. The Morgan fingerprint density at radius 3 is 2.35 bits per heavy atom. The molecule has 0 rings (SSSR count). The fraction of sp³-hybridized carbons (Fsp3) is 0.875. The van der Waals surface area contributed by atoms with Crippen LogP contribution in [0, 0.1) is 5.92 Å². The summed E-state index contributed by atoms with van der Waals surface area (Å²) in [6.45, 7) is -0.250. The van der Waals surface area contributed by atoms with Crippen LogP contribution in [0.15, 0.2) is 0 Å². The molecule has 1 N–H and O–H groups in total. The van der Waals surface area contributed by atoms with Crippen molar-refractivity contribution in [2.45, 2.75) is 19.5 Å². The molecule has 0 saturated heterocycles. The van der Waals surface area contributed by atoms with Crippen molar-refractivity contribution in [3.63, 3.8) is 0 Å². The van der Waals surface area contributed by atoms with Gasteiger partial charge in [-0.25, -0.2) is 0 Å². The molecule has 0 aliphatic heterocycles. The Hall–Kier alpha value is -0.830. The number of halogens is 3. The molecule has 0 aromatic carbocycles. The minimum Gasteiger partial charge on any atom is -0.347 e. The van der Waals surface area contributed by atoms with Crippen LogP contribution in [0.1, 0.15) is 13.3 Å². The van der Waals surface area contributed by atoms with Gasteiger partial charge in [0.1, 0.15) is 6.54 Å². The van der Waals surface area contributed by atoms with Gasteiger partial charge in [-0.05, 0) is 6.42 Å². The van der Waals surface area contributed by atoms with Crippen LogP contribution < -0.4 is 5.32 Å². The molecule has 102 valence electrons. The predicted molar refractivity (Wildman–Crippen MR) is 53.6 cm³/mol. The van der Waals surface area contributed by atoms with Gasteiger partial charge in [-0.15, -0.1) is 0 Å². The van der Waals surface area contributed by atoms with Crippen molar-refractivity contribution in [2.24, 2.45) is 5.92 Å². The highest BCUT2D eigenvalue weighted by Crippen LogP contribution is 2.13. The average Bonchev–Trinajstić information content (AvgIpc) is 2.10. The molecule has 17 heavy (non-hydrogen) atoms. The van der Waals surface area contributed by atoms with Crippen LogP contribution in [0.5, 0.6) is 0 Å². The van der Waals surface area contributed by atoms with Gasteiger partial charge in [-0.3, -0.25) is 8.98 Å². The van der Waals surface area contributed by atoms with Crippen LogP contribution in [0.25, 0.3) is 0 Å². The summed E-state index contributed by atoms with van der Waals surface area (Å²) in [7, 11) is -3.59. The molecular formula is C8H14F3NO4S. The predicted octanol–water partition coefficient (Wildman–Crippen LogP) is 0.667. The quantitative estimate of drug-likeness (QED) is 0.724. The number of amides is 1. The van der Waals surface area contributed by atoms with Crippen LogP contribution in [0.3, 0.4) is 0 Å². The fourth-order valence-electron chi connectivity index (χ4n) is 0.869. The van der Waals surface area contributed by atoms with Crippen molar-refractivity contribution < 1.29 is 30.6 Å². The molecule has 0 heterocycles. The van der Waals surface area contributed by atoms with E-state index in [4.69, 9.17) is 0 Å². The van der Waals surface area contributed by atoms with Gasteiger partial charge >= 0.3 is 6.18 Å². The van der Waals surface area contributed by atoms with Gasteiger partial charge in [0.2, 0.25) is 5.91 Å². The Morgan fingerprint density at radius 2 is 1.94 bits per heavy atom. The summed E-state index contributed by atoms with van der Waals surface area (Å²) in [4.78, 5) is 11.1. The molecule has 5 nitrogen and oxygen atoms in total. The van der Waals surface area contributed by atoms with Crippen LogP contribution in [0.4, 0.5) is 13.2 Å². The molecule has 0 aromatic heterocycles. The number of rotatable bonds is 6. The number of hydrogen-bond donors (Lipinski definition) is 1. The zero-order valence-electron chi connectivity index (χ0n) is 9.37. The minimum absolute atomic E-state index is 0.0246. The maximum atomic E-state index is 11.8. The highest BCUT2D eigenvalue weighted by Gasteiger charge is 2.28. The minimum atomic E-state index is -4.46. The summed E-state index contributed by atoms with van der Waals surface area (Å²) in [6, 6.07) is 0. The first-order chi connectivity index (χ1) is 7.51. The Balaban J connectivity index is 3.91. The molecule has 0 saturated carbocycles. The lowest BCUT2D eigenvalue weighted by molar-refractivity contribution is -0.140. The molecule has 0 bridgehead atoms. The first-order valence-electron chi connectivity index (χ1n) is 4.70. The van der Waals surface area contributed by atoms with Crippen molar-refractivity contribution in [3.05, 3.63) is 0 Å². The van der Waals surface area contributed by atoms with Gasteiger partial charge in [0, 0.05) is 5.92 Å². The lowest BCUT2D eigenvalue weighted by Crippen LogP contribution is -2.37. The van der Waals surface area contributed by atoms with E-state index < -0.39 is 34.7 Å². The SMILES string of the molecule is CC(CCOS(C)(=O)=O)C(=O)NCC(F)(F)F. The fourth-order valence-corrected chi connectivity index (χ4v) is 1.27. The maximum Gasteiger partial charge on any atom is 0.405 e. The standard InChI is InChI=1S/C8H14F3NO4S/c1-6(3-4-16-17(2,14)15)7(13)12-5-8(9,10)11/h6H,3-5H2,1-2H3,(H,12,13). The van der Waals surface area contributed by atoms with E-state index in [1.54, 1.807) is 5.32 Å². The lowest BCUT2D eigenvalue weighted by Gasteiger charge is -2.13. The largest absolute Gasteiger partial charge is 0.405 e. The average molecular weight is 277 g/mol. The highest BCUT2D eigenvalue weighted by molar-refractivity contribution is 7.85. The summed E-state index contributed by atoms with van der Waals surface area (Å²) in [5.41, 5.74) is 0. The van der Waals surface area contributed by atoms with E-state index in [0.717, 1.165) is 6.26 Å². The first kappa shape index (κ1) is 16.2. The topological polar surface area (TPSA) is 72.5 Å². The van der Waals surface area contributed by atoms with Gasteiger partial charge in [0.25, 0.3) is 10.1 Å². The van der Waals surface area contributed by atoms with Gasteiger partial charge < -0.3 is 5.32 Å². The molecule has 1 amide bonds. The smallest absolute Gasteiger partial charge is 0.347 e. The van der Waals surface area contributed by atoms with E-state index in [2.05, 4.69) is 4.18 Å². The van der Waals surface area contributed by atoms with Crippen molar-refractivity contribution in [1.29, 1.82) is 0 Å². The van der Waals surface area contributed by atoms with E-state index in [9.17, 15) is 26.4 Å².